The van der Waals surface area contributed by atoms with E-state index in [0.717, 1.165) is 184 Å². The molecule has 28 aromatic rings. The summed E-state index contributed by atoms with van der Waals surface area (Å²) < 4.78 is 8.96. The van der Waals surface area contributed by atoms with Gasteiger partial charge in [-0.15, -0.1) is 0 Å². The van der Waals surface area contributed by atoms with E-state index in [1.165, 1.54) is 200 Å². The summed E-state index contributed by atoms with van der Waals surface area (Å²) in [7, 11) is 0. The first-order chi connectivity index (χ1) is 69.4. The molecule has 0 radical (unpaired) electrons. The molecule has 36 rings (SSSR count). The minimum absolute atomic E-state index is 0.772. The molecule has 0 N–H and O–H groups in total. The highest BCUT2D eigenvalue weighted by molar-refractivity contribution is 6.25. The van der Waals surface area contributed by atoms with Crippen LogP contribution in [0, 0.1) is 0 Å². The van der Waals surface area contributed by atoms with Gasteiger partial charge in [0.1, 0.15) is 22.6 Å². The summed E-state index contributed by atoms with van der Waals surface area (Å²) in [6.45, 7) is 0. The maximum atomic E-state index is 4.99. The Morgan fingerprint density at radius 2 is 0.464 bits per heavy atom. The number of hydrogen-bond acceptors (Lipinski definition) is 12. The summed E-state index contributed by atoms with van der Waals surface area (Å²) in [6.07, 6.45) is 30.7. The van der Waals surface area contributed by atoms with Crippen LogP contribution in [-0.2, 0) is 51.4 Å². The molecule has 648 valence electrons. The monoisotopic (exact) mass is 1780 g/mol. The van der Waals surface area contributed by atoms with Crippen molar-refractivity contribution in [1.82, 2.24) is 77.4 Å². The number of fused-ring (bicyclic) bond motifs is 62. The highest BCUT2D eigenvalue weighted by Crippen LogP contribution is 2.57. The average molecular weight is 1790 g/mol. The van der Waals surface area contributed by atoms with Gasteiger partial charge in [-0.25, -0.2) is 39.9 Å². The molecule has 0 saturated carbocycles. The number of hydrogen-bond donors (Lipinski definition) is 0. The normalized spacial score (nSPS) is 13.5. The van der Waals surface area contributed by atoms with E-state index in [9.17, 15) is 0 Å². The Labute approximate surface area is 796 Å². The topological polar surface area (TPSA) is 172 Å². The Kier molecular flexibility index (Phi) is 14.9. The number of benzene rings is 12. The van der Waals surface area contributed by atoms with Crippen molar-refractivity contribution in [2.24, 2.45) is 0 Å². The summed E-state index contributed by atoms with van der Waals surface area (Å²) >= 11 is 0. The van der Waals surface area contributed by atoms with Gasteiger partial charge in [-0.2, -0.15) is 0 Å². The Bertz CT molecular complexity index is 10300. The maximum absolute atomic E-state index is 4.99. The van der Waals surface area contributed by atoms with Crippen molar-refractivity contribution in [3.05, 3.63) is 430 Å². The fourth-order valence-electron chi connectivity index (χ4n) is 26.2. The largest absolute Gasteiger partial charge is 0.290 e. The first-order valence-corrected chi connectivity index (χ1v) is 48.2. The van der Waals surface area contributed by atoms with Crippen molar-refractivity contribution in [3.8, 4) is 89.0 Å². The van der Waals surface area contributed by atoms with Crippen LogP contribution in [0.2, 0.25) is 0 Å². The summed E-state index contributed by atoms with van der Waals surface area (Å²) in [5.74, 6) is 0. The lowest BCUT2D eigenvalue weighted by molar-refractivity contribution is 1.16. The molecule has 8 aliphatic carbocycles. The van der Waals surface area contributed by atoms with Crippen LogP contribution in [0.4, 0.5) is 0 Å². The highest BCUT2D eigenvalue weighted by atomic mass is 15.1. The average Bonchev–Trinajstić information content (AvgIpc) is 1.51. The predicted molar refractivity (Wildman–Crippen MR) is 559 cm³/mol. The Morgan fingerprint density at radius 1 is 0.171 bits per heavy atom. The summed E-state index contributed by atoms with van der Waals surface area (Å²) in [5, 5.41) is 14.2. The van der Waals surface area contributed by atoms with Gasteiger partial charge >= 0.3 is 0 Å². The SMILES string of the molecule is c1ccc2c(c1)Cc1c-2ccc2c1Cc1ccc3c(c1-2)c1cnccc1n1c2cccnc2nc31.c1ccc2c(c1)Cc1cc3c(cc1-2)-c1c(ccc2c1c1cnccc1n1c4cccnc4nc21)C3.c1ccc2c(c1)Cc1cc3c(cc1-2)Cc1ccc2c(c1-3)c1cnccc1n1c3cccnc3nc21.c1ccc2c(c1)Cc1ccc3c(c1-2)Cc1ccc2c(c1-3)c1cnccc1n1c3cccnc3nc21. The van der Waals surface area contributed by atoms with Gasteiger partial charge in [0.25, 0.3) is 0 Å². The van der Waals surface area contributed by atoms with Gasteiger partial charge < -0.3 is 0 Å². The van der Waals surface area contributed by atoms with Crippen molar-refractivity contribution in [3.63, 3.8) is 0 Å². The number of aromatic nitrogens is 16. The Hall–Kier alpha value is -18.3. The van der Waals surface area contributed by atoms with E-state index >= 15 is 0 Å². The van der Waals surface area contributed by atoms with Crippen molar-refractivity contribution in [2.45, 2.75) is 51.4 Å². The third-order valence-corrected chi connectivity index (χ3v) is 31.9. The fraction of sp³-hybridized carbons (Fsp3) is 0.0645. The van der Waals surface area contributed by atoms with Crippen LogP contribution in [0.1, 0.15) is 89.0 Å². The molecule has 16 nitrogen and oxygen atoms in total. The molecule has 0 aliphatic heterocycles. The molecule has 0 unspecified atom stereocenters. The van der Waals surface area contributed by atoms with E-state index in [1.54, 1.807) is 0 Å². The lowest BCUT2D eigenvalue weighted by atomic mass is 9.93. The molecule has 0 atom stereocenters. The second kappa shape index (κ2) is 27.7. The van der Waals surface area contributed by atoms with Gasteiger partial charge in [0.15, 0.2) is 22.6 Å². The van der Waals surface area contributed by atoms with Crippen LogP contribution >= 0.6 is 0 Å². The minimum Gasteiger partial charge on any atom is -0.290 e. The van der Waals surface area contributed by atoms with Crippen LogP contribution in [0.25, 0.3) is 243 Å². The molecule has 140 heavy (non-hydrogen) atoms. The lowest BCUT2D eigenvalue weighted by Crippen LogP contribution is -1.94. The molecule has 16 heteroatoms. The molecule has 0 amide bonds. The molecule has 12 aromatic carbocycles. The fourth-order valence-corrected chi connectivity index (χ4v) is 26.2. The Balaban J connectivity index is 0.0000000829. The summed E-state index contributed by atoms with van der Waals surface area (Å²) in [4.78, 5) is 56.4. The van der Waals surface area contributed by atoms with Gasteiger partial charge in [0, 0.05) is 139 Å². The van der Waals surface area contributed by atoms with E-state index in [2.05, 4.69) is 300 Å². The van der Waals surface area contributed by atoms with Gasteiger partial charge in [-0.1, -0.05) is 176 Å². The zero-order chi connectivity index (χ0) is 90.7. The second-order valence-corrected chi connectivity index (χ2v) is 38.7. The zero-order valence-electron chi connectivity index (χ0n) is 75.1. The third kappa shape index (κ3) is 10.2. The van der Waals surface area contributed by atoms with Crippen LogP contribution in [0.15, 0.2) is 341 Å². The van der Waals surface area contributed by atoms with Crippen LogP contribution in [-0.4, -0.2) is 77.4 Å². The number of imidazole rings is 4. The maximum Gasteiger partial charge on any atom is 0.178 e. The molecule has 8 aliphatic rings. The van der Waals surface area contributed by atoms with E-state index in [4.69, 9.17) is 19.9 Å². The molecular formula is C124H72N16. The van der Waals surface area contributed by atoms with Crippen molar-refractivity contribution < 1.29 is 0 Å². The van der Waals surface area contributed by atoms with Crippen LogP contribution < -0.4 is 0 Å². The molecule has 0 spiro atoms. The molecular weight excluding hydrogens is 1710 g/mol. The van der Waals surface area contributed by atoms with E-state index in [1.807, 2.05) is 98.6 Å². The molecule has 0 bridgehead atoms. The molecule has 16 heterocycles. The first-order valence-electron chi connectivity index (χ1n) is 48.2. The van der Waals surface area contributed by atoms with Crippen molar-refractivity contribution in [1.29, 1.82) is 0 Å². The quantitative estimate of drug-likeness (QED) is 0.132. The first kappa shape index (κ1) is 75.1. The minimum atomic E-state index is 0.772. The number of rotatable bonds is 0. The van der Waals surface area contributed by atoms with Crippen molar-refractivity contribution >= 4 is 154 Å². The smallest absolute Gasteiger partial charge is 0.178 e. The van der Waals surface area contributed by atoms with Gasteiger partial charge in [0.05, 0.1) is 44.1 Å². The number of pyridine rings is 12. The predicted octanol–water partition coefficient (Wildman–Crippen LogP) is 26.9. The van der Waals surface area contributed by atoms with Gasteiger partial charge in [-0.05, 0) is 320 Å². The number of nitrogens with zero attached hydrogens (tertiary/aromatic N) is 16. The second-order valence-electron chi connectivity index (χ2n) is 38.7. The molecule has 0 fully saturated rings. The van der Waals surface area contributed by atoms with Gasteiger partial charge in [0.2, 0.25) is 0 Å². The van der Waals surface area contributed by atoms with Gasteiger partial charge in [-0.3, -0.25) is 37.5 Å². The standard InChI is InChI=1S/4C31H18N4/c1-2-5-20-17(4-1)14-18-7-9-21-23(27(18)20)15-19-8-10-22-29(28(19)21)24-16-32-13-11-25(24)35-26-6-3-12-33-30(26)34-31(22)35;1-2-5-19-17(4-1)14-23-20(19)9-10-21-24(23)15-18-7-8-22-29(28(18)21)25-16-32-13-11-26(25)35-27-6-3-12-33-30(27)34-31(22)35;1-2-5-21-17(4-1)12-19-15-24-20(14-23(19)21)13-18-7-8-22-29(28(18)24)25-16-32-11-9-26(25)35-27-6-3-10-33-30(27)34-31(22)35;1-2-5-21-17(4-1)12-19-14-20-13-18-7-8-22-29(28(18)24(20)15-23(19)21)25-16-32-11-9-26(25)35-27-6-3-10-33-30(27)34-31(22)35/h2*1-13,16H,14-15H2;2*1-11,14-16H,12-13H2. The van der Waals surface area contributed by atoms with Crippen molar-refractivity contribution in [2.75, 3.05) is 0 Å². The lowest BCUT2D eigenvalue weighted by Gasteiger charge is -2.13. The zero-order valence-corrected chi connectivity index (χ0v) is 75.1. The third-order valence-electron chi connectivity index (χ3n) is 31.9. The Morgan fingerprint density at radius 3 is 0.921 bits per heavy atom. The summed E-state index contributed by atoms with van der Waals surface area (Å²) in [6, 6.07) is 97.4. The highest BCUT2D eigenvalue weighted by Gasteiger charge is 2.37. The van der Waals surface area contributed by atoms with E-state index in [-0.39, 0.29) is 0 Å². The summed E-state index contributed by atoms with van der Waals surface area (Å²) in [5.41, 5.74) is 60.3. The molecule has 0 saturated heterocycles. The van der Waals surface area contributed by atoms with E-state index < -0.39 is 0 Å². The van der Waals surface area contributed by atoms with Crippen LogP contribution in [0.3, 0.4) is 0 Å². The molecule has 16 aromatic heterocycles. The van der Waals surface area contributed by atoms with Crippen LogP contribution in [0.5, 0.6) is 0 Å². The van der Waals surface area contributed by atoms with E-state index in [0.29, 0.717) is 0 Å².